The summed E-state index contributed by atoms with van der Waals surface area (Å²) in [7, 11) is 1.88. The lowest BCUT2D eigenvalue weighted by atomic mass is 10.1. The third-order valence-corrected chi connectivity index (χ3v) is 2.32. The Morgan fingerprint density at radius 1 is 1.36 bits per heavy atom. The second-order valence-electron chi connectivity index (χ2n) is 3.63. The molecular formula is C9H19F3N2. The molecule has 0 aromatic carbocycles. The maximum atomic E-state index is 11.8. The van der Waals surface area contributed by atoms with Gasteiger partial charge in [-0.3, -0.25) is 0 Å². The van der Waals surface area contributed by atoms with E-state index in [2.05, 4.69) is 0 Å². The molecule has 0 saturated carbocycles. The van der Waals surface area contributed by atoms with Gasteiger partial charge in [0.25, 0.3) is 0 Å². The third kappa shape index (κ3) is 7.15. The van der Waals surface area contributed by atoms with Crippen LogP contribution in [0.4, 0.5) is 13.2 Å². The highest BCUT2D eigenvalue weighted by Crippen LogP contribution is 2.23. The highest BCUT2D eigenvalue weighted by atomic mass is 19.4. The van der Waals surface area contributed by atoms with E-state index in [0.717, 1.165) is 6.54 Å². The van der Waals surface area contributed by atoms with Gasteiger partial charge in [-0.05, 0) is 26.8 Å². The lowest BCUT2D eigenvalue weighted by Crippen LogP contribution is -2.33. The van der Waals surface area contributed by atoms with Crippen LogP contribution in [0.5, 0.6) is 0 Å². The van der Waals surface area contributed by atoms with E-state index in [-0.39, 0.29) is 12.5 Å². The van der Waals surface area contributed by atoms with Crippen molar-refractivity contribution in [2.75, 3.05) is 20.1 Å². The van der Waals surface area contributed by atoms with Gasteiger partial charge in [0.1, 0.15) is 0 Å². The number of hydrogen-bond donors (Lipinski definition) is 1. The topological polar surface area (TPSA) is 29.3 Å². The van der Waals surface area contributed by atoms with E-state index in [0.29, 0.717) is 13.0 Å². The number of hydrogen-bond acceptors (Lipinski definition) is 2. The van der Waals surface area contributed by atoms with Crippen LogP contribution in [0.3, 0.4) is 0 Å². The van der Waals surface area contributed by atoms with Crippen LogP contribution in [-0.2, 0) is 0 Å². The molecule has 0 aliphatic rings. The van der Waals surface area contributed by atoms with E-state index in [4.69, 9.17) is 5.73 Å². The SMILES string of the molecule is CC(CCCC(F)(F)F)N(C)CCN. The molecule has 0 rings (SSSR count). The maximum Gasteiger partial charge on any atom is 0.389 e. The summed E-state index contributed by atoms with van der Waals surface area (Å²) in [4.78, 5) is 1.98. The molecule has 0 spiro atoms. The monoisotopic (exact) mass is 212 g/mol. The van der Waals surface area contributed by atoms with E-state index in [9.17, 15) is 13.2 Å². The van der Waals surface area contributed by atoms with Gasteiger partial charge in [0.05, 0.1) is 0 Å². The van der Waals surface area contributed by atoms with Crippen molar-refractivity contribution in [2.24, 2.45) is 5.73 Å². The number of halogens is 3. The zero-order valence-electron chi connectivity index (χ0n) is 8.77. The summed E-state index contributed by atoms with van der Waals surface area (Å²) in [5.41, 5.74) is 5.34. The fraction of sp³-hybridized carbons (Fsp3) is 1.00. The van der Waals surface area contributed by atoms with Gasteiger partial charge >= 0.3 is 6.18 Å². The first-order chi connectivity index (χ1) is 6.37. The summed E-state index contributed by atoms with van der Waals surface area (Å²) >= 11 is 0. The minimum Gasteiger partial charge on any atom is -0.329 e. The van der Waals surface area contributed by atoms with Gasteiger partial charge in [-0.15, -0.1) is 0 Å². The molecule has 2 N–H and O–H groups in total. The normalized spacial score (nSPS) is 14.8. The molecule has 5 heteroatoms. The molecule has 0 aromatic heterocycles. The van der Waals surface area contributed by atoms with Gasteiger partial charge in [-0.2, -0.15) is 13.2 Å². The molecule has 0 aliphatic heterocycles. The van der Waals surface area contributed by atoms with Crippen molar-refractivity contribution in [1.82, 2.24) is 4.90 Å². The Morgan fingerprint density at radius 2 is 1.93 bits per heavy atom. The number of rotatable bonds is 6. The Balaban J connectivity index is 3.58. The second kappa shape index (κ2) is 6.24. The maximum absolute atomic E-state index is 11.8. The van der Waals surface area contributed by atoms with Crippen LogP contribution in [0.2, 0.25) is 0 Å². The summed E-state index contributed by atoms with van der Waals surface area (Å²) in [6.45, 7) is 3.19. The molecule has 0 aliphatic carbocycles. The van der Waals surface area contributed by atoms with Gasteiger partial charge < -0.3 is 10.6 Å². The molecule has 86 valence electrons. The standard InChI is InChI=1S/C9H19F3N2/c1-8(14(2)7-6-13)4-3-5-9(10,11)12/h8H,3-7,13H2,1-2H3. The van der Waals surface area contributed by atoms with Crippen molar-refractivity contribution in [3.8, 4) is 0 Å². The first kappa shape index (κ1) is 13.7. The van der Waals surface area contributed by atoms with Gasteiger partial charge in [-0.1, -0.05) is 0 Å². The van der Waals surface area contributed by atoms with E-state index in [1.165, 1.54) is 0 Å². The second-order valence-corrected chi connectivity index (χ2v) is 3.63. The van der Waals surface area contributed by atoms with Crippen molar-refractivity contribution in [1.29, 1.82) is 0 Å². The van der Waals surface area contributed by atoms with Crippen LogP contribution in [0, 0.1) is 0 Å². The van der Waals surface area contributed by atoms with Crippen molar-refractivity contribution < 1.29 is 13.2 Å². The summed E-state index contributed by atoms with van der Waals surface area (Å²) in [5, 5.41) is 0. The van der Waals surface area contributed by atoms with Crippen molar-refractivity contribution in [3.05, 3.63) is 0 Å². The van der Waals surface area contributed by atoms with Crippen LogP contribution >= 0.6 is 0 Å². The number of alkyl halides is 3. The third-order valence-electron chi connectivity index (χ3n) is 2.32. The van der Waals surface area contributed by atoms with Gasteiger partial charge in [0.15, 0.2) is 0 Å². The van der Waals surface area contributed by atoms with E-state index >= 15 is 0 Å². The quantitative estimate of drug-likeness (QED) is 0.729. The fourth-order valence-corrected chi connectivity index (χ4v) is 1.24. The molecule has 1 atom stereocenters. The Hall–Kier alpha value is -0.290. The smallest absolute Gasteiger partial charge is 0.329 e. The zero-order valence-corrected chi connectivity index (χ0v) is 8.77. The van der Waals surface area contributed by atoms with Crippen LogP contribution < -0.4 is 5.73 Å². The molecule has 0 amide bonds. The molecule has 0 heterocycles. The fourth-order valence-electron chi connectivity index (χ4n) is 1.24. The molecule has 0 radical (unpaired) electrons. The van der Waals surface area contributed by atoms with Crippen LogP contribution in [0.15, 0.2) is 0 Å². The predicted octanol–water partition coefficient (Wildman–Crippen LogP) is 2.00. The summed E-state index contributed by atoms with van der Waals surface area (Å²) in [5.74, 6) is 0. The molecule has 0 bridgehead atoms. The number of nitrogens with two attached hydrogens (primary N) is 1. The number of nitrogens with zero attached hydrogens (tertiary/aromatic N) is 1. The lowest BCUT2D eigenvalue weighted by Gasteiger charge is -2.24. The Kier molecular flexibility index (Phi) is 6.11. The number of likely N-dealkylation sites (N-methyl/N-ethyl adjacent to an activating group) is 1. The Morgan fingerprint density at radius 3 is 2.36 bits per heavy atom. The first-order valence-electron chi connectivity index (χ1n) is 4.84. The lowest BCUT2D eigenvalue weighted by molar-refractivity contribution is -0.136. The Bertz CT molecular complexity index is 147. The van der Waals surface area contributed by atoms with E-state index in [1.807, 2.05) is 18.9 Å². The van der Waals surface area contributed by atoms with Crippen LogP contribution in [0.1, 0.15) is 26.2 Å². The molecule has 2 nitrogen and oxygen atoms in total. The van der Waals surface area contributed by atoms with Crippen molar-refractivity contribution in [2.45, 2.75) is 38.4 Å². The van der Waals surface area contributed by atoms with Crippen LogP contribution in [0.25, 0.3) is 0 Å². The van der Waals surface area contributed by atoms with Gasteiger partial charge in [0.2, 0.25) is 0 Å². The van der Waals surface area contributed by atoms with Crippen molar-refractivity contribution >= 4 is 0 Å². The Labute approximate surface area is 83.3 Å². The molecule has 0 saturated heterocycles. The highest BCUT2D eigenvalue weighted by molar-refractivity contribution is 4.64. The molecule has 14 heavy (non-hydrogen) atoms. The van der Waals surface area contributed by atoms with Gasteiger partial charge in [0, 0.05) is 25.6 Å². The zero-order chi connectivity index (χ0) is 11.2. The first-order valence-corrected chi connectivity index (χ1v) is 4.84. The van der Waals surface area contributed by atoms with E-state index < -0.39 is 12.6 Å². The predicted molar refractivity (Wildman–Crippen MR) is 51.1 cm³/mol. The average molecular weight is 212 g/mol. The van der Waals surface area contributed by atoms with Crippen LogP contribution in [-0.4, -0.2) is 37.3 Å². The summed E-state index contributed by atoms with van der Waals surface area (Å²) < 4.78 is 35.5. The average Bonchev–Trinajstić information content (AvgIpc) is 2.02. The largest absolute Gasteiger partial charge is 0.389 e. The summed E-state index contributed by atoms with van der Waals surface area (Å²) in [6, 6.07) is 0.167. The minimum absolute atomic E-state index is 0.167. The summed E-state index contributed by atoms with van der Waals surface area (Å²) in [6.07, 6.45) is -3.95. The van der Waals surface area contributed by atoms with E-state index in [1.54, 1.807) is 0 Å². The van der Waals surface area contributed by atoms with Gasteiger partial charge in [-0.25, -0.2) is 0 Å². The molecule has 0 aromatic rings. The molecule has 1 unspecified atom stereocenters. The highest BCUT2D eigenvalue weighted by Gasteiger charge is 2.26. The molecule has 0 fully saturated rings. The molecular weight excluding hydrogens is 193 g/mol. The van der Waals surface area contributed by atoms with Crippen molar-refractivity contribution in [3.63, 3.8) is 0 Å². The minimum atomic E-state index is -4.02.